The number of hydrogen-bond acceptors (Lipinski definition) is 3. The number of ether oxygens (including phenoxy) is 1. The summed E-state index contributed by atoms with van der Waals surface area (Å²) in [6, 6.07) is 17.4. The van der Waals surface area contributed by atoms with E-state index in [-0.39, 0.29) is 0 Å². The van der Waals surface area contributed by atoms with Crippen LogP contribution in [0.3, 0.4) is 0 Å². The van der Waals surface area contributed by atoms with Gasteiger partial charge in [0, 0.05) is 53.7 Å². The molecule has 2 aromatic carbocycles. The monoisotopic (exact) mass is 347 g/mol. The minimum atomic E-state index is 0.426. The molecule has 1 aliphatic heterocycles. The maximum absolute atomic E-state index is 5.42. The molecule has 4 rings (SSSR count). The third-order valence-corrected chi connectivity index (χ3v) is 4.91. The van der Waals surface area contributed by atoms with Crippen LogP contribution in [0.1, 0.15) is 25.5 Å². The maximum atomic E-state index is 5.42. The molecule has 26 heavy (non-hydrogen) atoms. The van der Waals surface area contributed by atoms with E-state index in [4.69, 9.17) is 9.73 Å². The lowest BCUT2D eigenvalue weighted by atomic mass is 10.2. The number of nitrogens with zero attached hydrogens (tertiary/aromatic N) is 3. The molecule has 1 fully saturated rings. The molecule has 3 aromatic rings. The molecule has 1 saturated heterocycles. The van der Waals surface area contributed by atoms with Gasteiger partial charge in [-0.3, -0.25) is 4.99 Å². The number of benzene rings is 2. The second kappa shape index (κ2) is 7.34. The molecule has 134 valence electrons. The lowest BCUT2D eigenvalue weighted by Gasteiger charge is -2.28. The number of rotatable bonds is 4. The van der Waals surface area contributed by atoms with E-state index < -0.39 is 0 Å². The summed E-state index contributed by atoms with van der Waals surface area (Å²) in [5, 5.41) is 1.25. The van der Waals surface area contributed by atoms with Crippen LogP contribution in [-0.4, -0.2) is 37.1 Å². The van der Waals surface area contributed by atoms with Crippen LogP contribution in [0.25, 0.3) is 10.9 Å². The number of hydrogen-bond donors (Lipinski definition) is 0. The Bertz CT molecular complexity index is 903. The lowest BCUT2D eigenvalue weighted by Crippen LogP contribution is -2.36. The third-order valence-electron chi connectivity index (χ3n) is 4.91. The fourth-order valence-corrected chi connectivity index (χ4v) is 3.48. The van der Waals surface area contributed by atoms with Gasteiger partial charge in [0.1, 0.15) is 0 Å². The summed E-state index contributed by atoms with van der Waals surface area (Å²) in [5.74, 6) is 0. The quantitative estimate of drug-likeness (QED) is 0.634. The highest BCUT2D eigenvalue weighted by Gasteiger charge is 2.11. The van der Waals surface area contributed by atoms with E-state index >= 15 is 0 Å². The summed E-state index contributed by atoms with van der Waals surface area (Å²) in [5.41, 5.74) is 4.63. The molecule has 0 radical (unpaired) electrons. The van der Waals surface area contributed by atoms with Crippen molar-refractivity contribution in [1.82, 2.24) is 4.57 Å². The van der Waals surface area contributed by atoms with Gasteiger partial charge in [-0.05, 0) is 44.2 Å². The molecule has 0 bridgehead atoms. The molecule has 1 aromatic heterocycles. The molecule has 0 unspecified atom stereocenters. The molecule has 0 saturated carbocycles. The summed E-state index contributed by atoms with van der Waals surface area (Å²) >= 11 is 0. The molecule has 0 N–H and O–H groups in total. The van der Waals surface area contributed by atoms with Gasteiger partial charge in [0.15, 0.2) is 0 Å². The van der Waals surface area contributed by atoms with Crippen molar-refractivity contribution < 1.29 is 4.74 Å². The first kappa shape index (κ1) is 16.9. The van der Waals surface area contributed by atoms with Crippen LogP contribution >= 0.6 is 0 Å². The normalized spacial score (nSPS) is 15.4. The van der Waals surface area contributed by atoms with Gasteiger partial charge in [0.25, 0.3) is 0 Å². The van der Waals surface area contributed by atoms with Crippen LogP contribution in [0, 0.1) is 0 Å². The molecule has 0 atom stereocenters. The average molecular weight is 347 g/mol. The Morgan fingerprint density at radius 2 is 1.73 bits per heavy atom. The van der Waals surface area contributed by atoms with Crippen molar-refractivity contribution >= 4 is 28.5 Å². The first-order chi connectivity index (χ1) is 12.7. The zero-order chi connectivity index (χ0) is 17.9. The van der Waals surface area contributed by atoms with Gasteiger partial charge in [-0.25, -0.2) is 0 Å². The van der Waals surface area contributed by atoms with Gasteiger partial charge in [-0.15, -0.1) is 0 Å². The highest BCUT2D eigenvalue weighted by Crippen LogP contribution is 2.25. The lowest BCUT2D eigenvalue weighted by molar-refractivity contribution is 0.122. The molecule has 4 heteroatoms. The Morgan fingerprint density at radius 1 is 1.00 bits per heavy atom. The Kier molecular flexibility index (Phi) is 4.76. The van der Waals surface area contributed by atoms with Gasteiger partial charge >= 0.3 is 0 Å². The van der Waals surface area contributed by atoms with E-state index in [0.717, 1.165) is 37.6 Å². The Morgan fingerprint density at radius 3 is 2.46 bits per heavy atom. The number of fused-ring (bicyclic) bond motifs is 1. The molecule has 1 aliphatic rings. The van der Waals surface area contributed by atoms with Gasteiger partial charge < -0.3 is 14.2 Å². The van der Waals surface area contributed by atoms with Crippen LogP contribution in [0.4, 0.5) is 11.4 Å². The topological polar surface area (TPSA) is 29.8 Å². The van der Waals surface area contributed by atoms with Crippen molar-refractivity contribution in [2.45, 2.75) is 19.9 Å². The number of aromatic nitrogens is 1. The average Bonchev–Trinajstić information content (AvgIpc) is 3.07. The van der Waals surface area contributed by atoms with E-state index in [2.05, 4.69) is 78.0 Å². The SMILES string of the molecule is CC(C)n1cc(C=Nc2ccc(N3CCOCC3)cc2)c2ccccc21. The van der Waals surface area contributed by atoms with Crippen molar-refractivity contribution in [3.8, 4) is 0 Å². The minimum Gasteiger partial charge on any atom is -0.378 e. The summed E-state index contributed by atoms with van der Waals surface area (Å²) < 4.78 is 7.72. The highest BCUT2D eigenvalue weighted by molar-refractivity contribution is 6.00. The smallest absolute Gasteiger partial charge is 0.0642 e. The van der Waals surface area contributed by atoms with E-state index in [9.17, 15) is 0 Å². The van der Waals surface area contributed by atoms with Crippen molar-refractivity contribution in [2.75, 3.05) is 31.2 Å². The first-order valence-electron chi connectivity index (χ1n) is 9.29. The van der Waals surface area contributed by atoms with Crippen LogP contribution in [-0.2, 0) is 4.74 Å². The maximum Gasteiger partial charge on any atom is 0.0642 e. The van der Waals surface area contributed by atoms with Gasteiger partial charge in [0.05, 0.1) is 18.9 Å². The van der Waals surface area contributed by atoms with Gasteiger partial charge in [-0.1, -0.05) is 18.2 Å². The van der Waals surface area contributed by atoms with Crippen molar-refractivity contribution in [3.05, 3.63) is 60.3 Å². The van der Waals surface area contributed by atoms with E-state index in [1.807, 2.05) is 6.21 Å². The van der Waals surface area contributed by atoms with Crippen LogP contribution in [0.2, 0.25) is 0 Å². The van der Waals surface area contributed by atoms with Crippen molar-refractivity contribution in [3.63, 3.8) is 0 Å². The van der Waals surface area contributed by atoms with Crippen molar-refractivity contribution in [1.29, 1.82) is 0 Å². The Labute approximate surface area is 154 Å². The Balaban J connectivity index is 1.57. The number of aliphatic imine (C=N–C) groups is 1. The standard InChI is InChI=1S/C22H25N3O/c1-17(2)25-16-18(21-5-3-4-6-22(21)25)15-23-19-7-9-20(10-8-19)24-11-13-26-14-12-24/h3-10,15-17H,11-14H2,1-2H3. The van der Waals surface area contributed by atoms with E-state index in [1.54, 1.807) is 0 Å². The van der Waals surface area contributed by atoms with Gasteiger partial charge in [0.2, 0.25) is 0 Å². The molecular formula is C22H25N3O. The largest absolute Gasteiger partial charge is 0.378 e. The predicted molar refractivity (Wildman–Crippen MR) is 109 cm³/mol. The highest BCUT2D eigenvalue weighted by atomic mass is 16.5. The molecule has 0 aliphatic carbocycles. The van der Waals surface area contributed by atoms with E-state index in [1.165, 1.54) is 16.6 Å². The first-order valence-corrected chi connectivity index (χ1v) is 9.29. The van der Waals surface area contributed by atoms with Crippen LogP contribution < -0.4 is 4.90 Å². The molecule has 2 heterocycles. The molecule has 4 nitrogen and oxygen atoms in total. The summed E-state index contributed by atoms with van der Waals surface area (Å²) in [7, 11) is 0. The summed E-state index contributed by atoms with van der Waals surface area (Å²) in [4.78, 5) is 7.06. The second-order valence-electron chi connectivity index (χ2n) is 6.98. The number of para-hydroxylation sites is 1. The summed E-state index contributed by atoms with van der Waals surface area (Å²) in [6.45, 7) is 7.93. The Hall–Kier alpha value is -2.59. The fourth-order valence-electron chi connectivity index (χ4n) is 3.48. The second-order valence-corrected chi connectivity index (χ2v) is 6.98. The van der Waals surface area contributed by atoms with Crippen LogP contribution in [0.15, 0.2) is 59.7 Å². The van der Waals surface area contributed by atoms with Crippen molar-refractivity contribution in [2.24, 2.45) is 4.99 Å². The predicted octanol–water partition coefficient (Wildman–Crippen LogP) is 4.81. The van der Waals surface area contributed by atoms with Gasteiger partial charge in [-0.2, -0.15) is 0 Å². The summed E-state index contributed by atoms with van der Waals surface area (Å²) in [6.07, 6.45) is 4.17. The molecule has 0 spiro atoms. The molecule has 0 amide bonds. The molecular weight excluding hydrogens is 322 g/mol. The number of anilines is 1. The third kappa shape index (κ3) is 3.37. The van der Waals surface area contributed by atoms with Crippen LogP contribution in [0.5, 0.6) is 0 Å². The number of morpholine rings is 1. The minimum absolute atomic E-state index is 0.426. The zero-order valence-electron chi connectivity index (χ0n) is 15.4. The zero-order valence-corrected chi connectivity index (χ0v) is 15.4. The fraction of sp³-hybridized carbons (Fsp3) is 0.318. The van der Waals surface area contributed by atoms with E-state index in [0.29, 0.717) is 6.04 Å².